The van der Waals surface area contributed by atoms with Crippen LogP contribution in [0, 0.1) is 5.92 Å². The molecular weight excluding hydrogens is 265 g/mol. The molecule has 0 bridgehead atoms. The third-order valence-electron chi connectivity index (χ3n) is 3.20. The lowest BCUT2D eigenvalue weighted by atomic mass is 10.1. The zero-order chi connectivity index (χ0) is 13.3. The zero-order valence-electron chi connectivity index (χ0n) is 9.89. The van der Waals surface area contributed by atoms with Crippen LogP contribution in [-0.4, -0.2) is 11.0 Å². The van der Waals surface area contributed by atoms with Gasteiger partial charge in [0.05, 0.1) is 10.6 Å². The maximum atomic E-state index is 12.4. The normalized spacial score (nSPS) is 24.3. The van der Waals surface area contributed by atoms with Crippen molar-refractivity contribution in [2.45, 2.75) is 38.4 Å². The second kappa shape index (κ2) is 4.96. The van der Waals surface area contributed by atoms with Gasteiger partial charge in [0.25, 0.3) is 0 Å². The van der Waals surface area contributed by atoms with Crippen molar-refractivity contribution in [3.63, 3.8) is 0 Å². The first-order valence-corrected chi connectivity index (χ1v) is 6.23. The van der Waals surface area contributed by atoms with Gasteiger partial charge in [-0.3, -0.25) is 0 Å². The van der Waals surface area contributed by atoms with E-state index in [0.717, 1.165) is 31.5 Å². The van der Waals surface area contributed by atoms with Crippen LogP contribution in [0.2, 0.25) is 5.02 Å². The summed E-state index contributed by atoms with van der Waals surface area (Å²) in [6.07, 6.45) is -0.473. The van der Waals surface area contributed by atoms with Crippen molar-refractivity contribution in [3.8, 4) is 0 Å². The van der Waals surface area contributed by atoms with E-state index in [1.165, 1.54) is 0 Å². The molecule has 1 N–H and O–H groups in total. The van der Waals surface area contributed by atoms with E-state index in [1.807, 2.05) is 0 Å². The molecule has 2 nitrogen and oxygen atoms in total. The topological polar surface area (TPSA) is 24.9 Å². The Morgan fingerprint density at radius 3 is 2.61 bits per heavy atom. The lowest BCUT2D eigenvalue weighted by Crippen LogP contribution is -2.17. The summed E-state index contributed by atoms with van der Waals surface area (Å²) in [6, 6.07) is 1.16. The molecule has 18 heavy (non-hydrogen) atoms. The molecule has 1 aliphatic carbocycles. The van der Waals surface area contributed by atoms with Gasteiger partial charge < -0.3 is 5.32 Å². The van der Waals surface area contributed by atoms with Crippen LogP contribution in [0.5, 0.6) is 0 Å². The fraction of sp³-hybridized carbons (Fsp3) is 0.583. The Morgan fingerprint density at radius 2 is 2.11 bits per heavy atom. The highest BCUT2D eigenvalue weighted by atomic mass is 35.5. The summed E-state index contributed by atoms with van der Waals surface area (Å²) < 4.78 is 37.3. The average molecular weight is 279 g/mol. The Hall–Kier alpha value is -0.970. The largest absolute Gasteiger partial charge is 0.417 e. The fourth-order valence-corrected chi connectivity index (χ4v) is 2.45. The maximum absolute atomic E-state index is 12.4. The van der Waals surface area contributed by atoms with E-state index in [4.69, 9.17) is 11.6 Å². The first-order valence-electron chi connectivity index (χ1n) is 5.85. The third kappa shape index (κ3) is 3.07. The van der Waals surface area contributed by atoms with Crippen LogP contribution in [0.25, 0.3) is 0 Å². The summed E-state index contributed by atoms with van der Waals surface area (Å²) in [6.45, 7) is 2.16. The number of rotatable bonds is 2. The minimum atomic E-state index is -4.41. The summed E-state index contributed by atoms with van der Waals surface area (Å²) in [5, 5.41) is 3.13. The van der Waals surface area contributed by atoms with Crippen molar-refractivity contribution in [2.24, 2.45) is 5.92 Å². The molecule has 0 saturated heterocycles. The van der Waals surface area contributed by atoms with Crippen molar-refractivity contribution in [1.29, 1.82) is 0 Å². The van der Waals surface area contributed by atoms with Crippen LogP contribution in [0.4, 0.5) is 19.0 Å². The van der Waals surface area contributed by atoms with Gasteiger partial charge in [-0.25, -0.2) is 4.98 Å². The lowest BCUT2D eigenvalue weighted by Gasteiger charge is -2.15. The van der Waals surface area contributed by atoms with E-state index in [1.54, 1.807) is 0 Å². The zero-order valence-corrected chi connectivity index (χ0v) is 10.6. The molecule has 0 aliphatic heterocycles. The average Bonchev–Trinajstić information content (AvgIpc) is 2.65. The van der Waals surface area contributed by atoms with E-state index in [9.17, 15) is 13.2 Å². The van der Waals surface area contributed by atoms with Gasteiger partial charge in [-0.2, -0.15) is 13.2 Å². The van der Waals surface area contributed by atoms with E-state index in [0.29, 0.717) is 11.7 Å². The molecule has 0 radical (unpaired) electrons. The number of pyridine rings is 1. The van der Waals surface area contributed by atoms with E-state index in [2.05, 4.69) is 17.2 Å². The van der Waals surface area contributed by atoms with Crippen LogP contribution in [0.15, 0.2) is 12.3 Å². The number of hydrogen-bond donors (Lipinski definition) is 1. The van der Waals surface area contributed by atoms with Crippen LogP contribution < -0.4 is 5.32 Å². The summed E-state index contributed by atoms with van der Waals surface area (Å²) in [5.74, 6) is 0.972. The number of aromatic nitrogens is 1. The Morgan fingerprint density at radius 1 is 1.39 bits per heavy atom. The number of halogens is 4. The van der Waals surface area contributed by atoms with Crippen LogP contribution in [-0.2, 0) is 6.18 Å². The molecule has 1 fully saturated rings. The van der Waals surface area contributed by atoms with Gasteiger partial charge >= 0.3 is 6.18 Å². The van der Waals surface area contributed by atoms with Crippen molar-refractivity contribution in [3.05, 3.63) is 22.8 Å². The van der Waals surface area contributed by atoms with Gasteiger partial charge in [-0.15, -0.1) is 0 Å². The minimum Gasteiger partial charge on any atom is -0.366 e. The summed E-state index contributed by atoms with van der Waals surface area (Å²) in [7, 11) is 0. The molecule has 2 rings (SSSR count). The van der Waals surface area contributed by atoms with Gasteiger partial charge in [-0.1, -0.05) is 18.5 Å². The summed E-state index contributed by atoms with van der Waals surface area (Å²) >= 11 is 5.83. The standard InChI is InChI=1S/C12H14ClF3N2/c1-7-2-3-9(4-7)18-11-10(13)5-8(6-17-11)12(14,15)16/h5-7,9H,2-4H2,1H3,(H,17,18). The highest BCUT2D eigenvalue weighted by Gasteiger charge is 2.32. The second-order valence-corrected chi connectivity index (χ2v) is 5.22. The molecule has 1 aliphatic rings. The molecule has 2 atom stereocenters. The van der Waals surface area contributed by atoms with Gasteiger partial charge in [-0.05, 0) is 31.2 Å². The monoisotopic (exact) mass is 278 g/mol. The van der Waals surface area contributed by atoms with Gasteiger partial charge in [0, 0.05) is 12.2 Å². The van der Waals surface area contributed by atoms with Crippen molar-refractivity contribution >= 4 is 17.4 Å². The Balaban J connectivity index is 2.10. The van der Waals surface area contributed by atoms with E-state index in [-0.39, 0.29) is 11.1 Å². The molecular formula is C12H14ClF3N2. The fourth-order valence-electron chi connectivity index (χ4n) is 2.23. The summed E-state index contributed by atoms with van der Waals surface area (Å²) in [4.78, 5) is 3.77. The smallest absolute Gasteiger partial charge is 0.366 e. The molecule has 1 saturated carbocycles. The molecule has 0 aromatic carbocycles. The molecule has 0 spiro atoms. The third-order valence-corrected chi connectivity index (χ3v) is 3.49. The van der Waals surface area contributed by atoms with Crippen LogP contribution in [0.1, 0.15) is 31.7 Å². The Labute approximate surface area is 109 Å². The highest BCUT2D eigenvalue weighted by Crippen LogP contribution is 2.34. The van der Waals surface area contributed by atoms with Crippen LogP contribution >= 0.6 is 11.6 Å². The Kier molecular flexibility index (Phi) is 3.71. The second-order valence-electron chi connectivity index (χ2n) is 4.81. The first-order chi connectivity index (χ1) is 8.36. The minimum absolute atomic E-state index is 0.0179. The molecule has 1 aromatic heterocycles. The van der Waals surface area contributed by atoms with Crippen molar-refractivity contribution in [2.75, 3.05) is 5.32 Å². The predicted molar refractivity (Wildman–Crippen MR) is 64.7 cm³/mol. The first kappa shape index (κ1) is 13.5. The Bertz CT molecular complexity index is 434. The molecule has 1 heterocycles. The van der Waals surface area contributed by atoms with Crippen molar-refractivity contribution < 1.29 is 13.2 Å². The molecule has 0 amide bonds. The van der Waals surface area contributed by atoms with Gasteiger partial charge in [0.15, 0.2) is 0 Å². The van der Waals surface area contributed by atoms with Gasteiger partial charge in [0.1, 0.15) is 5.82 Å². The lowest BCUT2D eigenvalue weighted by molar-refractivity contribution is -0.137. The maximum Gasteiger partial charge on any atom is 0.417 e. The number of hydrogen-bond acceptors (Lipinski definition) is 2. The number of nitrogens with zero attached hydrogens (tertiary/aromatic N) is 1. The van der Waals surface area contributed by atoms with Crippen LogP contribution in [0.3, 0.4) is 0 Å². The van der Waals surface area contributed by atoms with E-state index >= 15 is 0 Å². The van der Waals surface area contributed by atoms with Gasteiger partial charge in [0.2, 0.25) is 0 Å². The molecule has 6 heteroatoms. The number of alkyl halides is 3. The van der Waals surface area contributed by atoms with E-state index < -0.39 is 11.7 Å². The number of nitrogens with one attached hydrogen (secondary N) is 1. The molecule has 100 valence electrons. The number of anilines is 1. The quantitative estimate of drug-likeness (QED) is 0.870. The van der Waals surface area contributed by atoms with Crippen molar-refractivity contribution in [1.82, 2.24) is 4.98 Å². The SMILES string of the molecule is CC1CCC(Nc2ncc(C(F)(F)F)cc2Cl)C1. The highest BCUT2D eigenvalue weighted by molar-refractivity contribution is 6.33. The predicted octanol–water partition coefficient (Wildman–Crippen LogP) is 4.35. The summed E-state index contributed by atoms with van der Waals surface area (Å²) in [5.41, 5.74) is -0.821. The molecule has 1 aromatic rings. The molecule has 2 unspecified atom stereocenters.